The molecular weight excluding hydrogens is 224 g/mol. The largest absolute Gasteiger partial charge is 0.379 e. The Kier molecular flexibility index (Phi) is 5.05. The predicted molar refractivity (Wildman–Crippen MR) is 74.5 cm³/mol. The first kappa shape index (κ1) is 13.9. The molecule has 0 amide bonds. The van der Waals surface area contributed by atoms with Gasteiger partial charge in [0.05, 0.1) is 19.3 Å². The van der Waals surface area contributed by atoms with Crippen molar-refractivity contribution in [3.63, 3.8) is 0 Å². The van der Waals surface area contributed by atoms with Crippen molar-refractivity contribution in [2.75, 3.05) is 32.8 Å². The van der Waals surface area contributed by atoms with E-state index in [9.17, 15) is 0 Å². The van der Waals surface area contributed by atoms with Crippen LogP contribution >= 0.6 is 0 Å². The molecule has 18 heavy (non-hydrogen) atoms. The lowest BCUT2D eigenvalue weighted by Gasteiger charge is -2.46. The van der Waals surface area contributed by atoms with Gasteiger partial charge < -0.3 is 10.1 Å². The Hall–Kier alpha value is -0.560. The number of nitrogens with zero attached hydrogens (tertiary/aromatic N) is 1. The van der Waals surface area contributed by atoms with Crippen molar-refractivity contribution in [2.24, 2.45) is 0 Å². The second kappa shape index (κ2) is 6.56. The molecule has 0 spiro atoms. The third-order valence-electron chi connectivity index (χ3n) is 4.41. The van der Waals surface area contributed by atoms with Crippen molar-refractivity contribution < 1.29 is 4.74 Å². The van der Waals surface area contributed by atoms with Gasteiger partial charge in [0.15, 0.2) is 0 Å². The molecule has 0 aromatic heterocycles. The minimum Gasteiger partial charge on any atom is -0.379 e. The first-order chi connectivity index (χ1) is 8.83. The monoisotopic (exact) mass is 250 g/mol. The number of hydrogen-bond acceptors (Lipinski definition) is 3. The molecule has 1 saturated heterocycles. The zero-order valence-electron chi connectivity index (χ0n) is 11.6. The Labute approximate surface area is 111 Å². The SMILES string of the molecule is C#CC(NCCC)C1(N2CCOCC2)CCCC1. The van der Waals surface area contributed by atoms with Crippen molar-refractivity contribution in [2.45, 2.75) is 50.6 Å². The van der Waals surface area contributed by atoms with Crippen molar-refractivity contribution in [3.8, 4) is 12.3 Å². The fourth-order valence-corrected chi connectivity index (χ4v) is 3.48. The van der Waals surface area contributed by atoms with Crippen LogP contribution in [-0.4, -0.2) is 49.3 Å². The maximum absolute atomic E-state index is 5.81. The van der Waals surface area contributed by atoms with Crippen molar-refractivity contribution >= 4 is 0 Å². The van der Waals surface area contributed by atoms with Crippen LogP contribution in [0.25, 0.3) is 0 Å². The first-order valence-corrected chi connectivity index (χ1v) is 7.36. The molecule has 1 aliphatic carbocycles. The summed E-state index contributed by atoms with van der Waals surface area (Å²) in [5.41, 5.74) is 0.188. The number of nitrogens with one attached hydrogen (secondary N) is 1. The van der Waals surface area contributed by atoms with Crippen LogP contribution in [0.5, 0.6) is 0 Å². The van der Waals surface area contributed by atoms with Gasteiger partial charge in [0.25, 0.3) is 0 Å². The average Bonchev–Trinajstić information content (AvgIpc) is 2.91. The standard InChI is InChI=1S/C15H26N2O/c1-3-9-16-14(4-2)15(7-5-6-8-15)17-10-12-18-13-11-17/h2,14,16H,3,5-13H2,1H3. The summed E-state index contributed by atoms with van der Waals surface area (Å²) in [6, 6.07) is 0.193. The summed E-state index contributed by atoms with van der Waals surface area (Å²) in [5, 5.41) is 3.58. The molecule has 2 rings (SSSR count). The van der Waals surface area contributed by atoms with Crippen LogP contribution in [0.1, 0.15) is 39.0 Å². The smallest absolute Gasteiger partial charge is 0.0873 e. The van der Waals surface area contributed by atoms with Crippen LogP contribution in [0, 0.1) is 12.3 Å². The molecular formula is C15H26N2O. The molecule has 3 heteroatoms. The van der Waals surface area contributed by atoms with Crippen LogP contribution in [-0.2, 0) is 4.74 Å². The molecule has 102 valence electrons. The second-order valence-corrected chi connectivity index (χ2v) is 5.46. The third-order valence-corrected chi connectivity index (χ3v) is 4.41. The highest BCUT2D eigenvalue weighted by Crippen LogP contribution is 2.38. The second-order valence-electron chi connectivity index (χ2n) is 5.46. The van der Waals surface area contributed by atoms with Crippen LogP contribution < -0.4 is 5.32 Å². The van der Waals surface area contributed by atoms with Crippen LogP contribution in [0.2, 0.25) is 0 Å². The summed E-state index contributed by atoms with van der Waals surface area (Å²) >= 11 is 0. The summed E-state index contributed by atoms with van der Waals surface area (Å²) < 4.78 is 5.49. The van der Waals surface area contributed by atoms with E-state index in [0.717, 1.165) is 39.3 Å². The van der Waals surface area contributed by atoms with Crippen LogP contribution in [0.4, 0.5) is 0 Å². The number of hydrogen-bond donors (Lipinski definition) is 1. The normalized spacial score (nSPS) is 25.8. The van der Waals surface area contributed by atoms with Crippen molar-refractivity contribution in [3.05, 3.63) is 0 Å². The van der Waals surface area contributed by atoms with E-state index in [1.54, 1.807) is 0 Å². The summed E-state index contributed by atoms with van der Waals surface area (Å²) in [5.74, 6) is 3.02. The van der Waals surface area contributed by atoms with Crippen LogP contribution in [0.15, 0.2) is 0 Å². The zero-order valence-corrected chi connectivity index (χ0v) is 11.6. The fraction of sp³-hybridized carbons (Fsp3) is 0.867. The Bertz CT molecular complexity index is 285. The summed E-state index contributed by atoms with van der Waals surface area (Å²) in [7, 11) is 0. The van der Waals surface area contributed by atoms with Gasteiger partial charge in [-0.25, -0.2) is 0 Å². The number of morpholine rings is 1. The number of rotatable bonds is 5. The molecule has 2 fully saturated rings. The Morgan fingerprint density at radius 3 is 2.56 bits per heavy atom. The predicted octanol–water partition coefficient (Wildman–Crippen LogP) is 1.63. The van der Waals surface area contributed by atoms with E-state index in [1.165, 1.54) is 25.7 Å². The lowest BCUT2D eigenvalue weighted by Crippen LogP contribution is -2.62. The number of terminal acetylenes is 1. The van der Waals surface area contributed by atoms with E-state index >= 15 is 0 Å². The molecule has 2 aliphatic rings. The Balaban J connectivity index is 2.11. The topological polar surface area (TPSA) is 24.5 Å². The van der Waals surface area contributed by atoms with Gasteiger partial charge in [-0.3, -0.25) is 4.90 Å². The lowest BCUT2D eigenvalue weighted by atomic mass is 9.85. The molecule has 1 N–H and O–H groups in total. The van der Waals surface area contributed by atoms with E-state index in [2.05, 4.69) is 23.1 Å². The molecule has 1 unspecified atom stereocenters. The summed E-state index contributed by atoms with van der Waals surface area (Å²) in [6.45, 7) is 6.98. The lowest BCUT2D eigenvalue weighted by molar-refractivity contribution is -0.0282. The van der Waals surface area contributed by atoms with E-state index in [4.69, 9.17) is 11.2 Å². The van der Waals surface area contributed by atoms with Crippen molar-refractivity contribution in [1.29, 1.82) is 0 Å². The average molecular weight is 250 g/mol. The van der Waals surface area contributed by atoms with Gasteiger partial charge in [-0.2, -0.15) is 0 Å². The maximum Gasteiger partial charge on any atom is 0.0873 e. The van der Waals surface area contributed by atoms with Gasteiger partial charge in [0, 0.05) is 18.6 Å². The molecule has 1 aliphatic heterocycles. The maximum atomic E-state index is 5.81. The Morgan fingerprint density at radius 2 is 2.00 bits per heavy atom. The minimum absolute atomic E-state index is 0.188. The van der Waals surface area contributed by atoms with Gasteiger partial charge in [0.1, 0.15) is 0 Å². The van der Waals surface area contributed by atoms with Gasteiger partial charge >= 0.3 is 0 Å². The molecule has 1 saturated carbocycles. The molecule has 0 bridgehead atoms. The minimum atomic E-state index is 0.188. The van der Waals surface area contributed by atoms with Gasteiger partial charge in [-0.05, 0) is 25.8 Å². The van der Waals surface area contributed by atoms with E-state index < -0.39 is 0 Å². The summed E-state index contributed by atoms with van der Waals surface area (Å²) in [6.07, 6.45) is 12.0. The third kappa shape index (κ3) is 2.71. The van der Waals surface area contributed by atoms with Gasteiger partial charge in [-0.15, -0.1) is 6.42 Å². The molecule has 1 atom stereocenters. The number of ether oxygens (including phenoxy) is 1. The highest BCUT2D eigenvalue weighted by molar-refractivity contribution is 5.16. The van der Waals surface area contributed by atoms with E-state index in [-0.39, 0.29) is 11.6 Å². The summed E-state index contributed by atoms with van der Waals surface area (Å²) in [4.78, 5) is 2.59. The Morgan fingerprint density at radius 1 is 1.33 bits per heavy atom. The fourth-order valence-electron chi connectivity index (χ4n) is 3.48. The first-order valence-electron chi connectivity index (χ1n) is 7.36. The molecule has 1 heterocycles. The molecule has 0 aromatic rings. The van der Waals surface area contributed by atoms with E-state index in [1.807, 2.05) is 0 Å². The van der Waals surface area contributed by atoms with Gasteiger partial charge in [-0.1, -0.05) is 25.7 Å². The zero-order chi connectivity index (χ0) is 12.8. The molecule has 3 nitrogen and oxygen atoms in total. The quantitative estimate of drug-likeness (QED) is 0.751. The van der Waals surface area contributed by atoms with Crippen LogP contribution in [0.3, 0.4) is 0 Å². The van der Waals surface area contributed by atoms with Gasteiger partial charge in [0.2, 0.25) is 0 Å². The highest BCUT2D eigenvalue weighted by Gasteiger charge is 2.45. The van der Waals surface area contributed by atoms with Crippen molar-refractivity contribution in [1.82, 2.24) is 10.2 Å². The molecule has 0 aromatic carbocycles. The highest BCUT2D eigenvalue weighted by atomic mass is 16.5. The molecule has 0 radical (unpaired) electrons. The van der Waals surface area contributed by atoms with E-state index in [0.29, 0.717) is 0 Å².